The van der Waals surface area contributed by atoms with Crippen LogP contribution in [0, 0.1) is 0 Å². The molecule has 0 aromatic rings. The number of carboxylic acids is 1. The predicted octanol–water partition coefficient (Wildman–Crippen LogP) is 1.11. The van der Waals surface area contributed by atoms with Crippen LogP contribution in [0.5, 0.6) is 0 Å². The number of aliphatic carboxylic acids is 1. The van der Waals surface area contributed by atoms with E-state index in [1.807, 2.05) is 11.8 Å². The van der Waals surface area contributed by atoms with Crippen molar-refractivity contribution in [2.45, 2.75) is 19.4 Å². The van der Waals surface area contributed by atoms with Crippen LogP contribution in [0.1, 0.15) is 13.3 Å². The molecule has 4 heteroatoms. The van der Waals surface area contributed by atoms with Crippen LogP contribution >= 0.6 is 11.8 Å². The lowest BCUT2D eigenvalue weighted by molar-refractivity contribution is -0.132. The monoisotopic (exact) mass is 201 g/mol. The van der Waals surface area contributed by atoms with Crippen molar-refractivity contribution in [3.63, 3.8) is 0 Å². The van der Waals surface area contributed by atoms with E-state index in [-0.39, 0.29) is 0 Å². The highest BCUT2D eigenvalue weighted by atomic mass is 32.2. The van der Waals surface area contributed by atoms with Gasteiger partial charge in [0.2, 0.25) is 0 Å². The normalized spacial score (nSPS) is 23.5. The van der Waals surface area contributed by atoms with Crippen molar-refractivity contribution in [3.05, 3.63) is 11.6 Å². The molecule has 1 atom stereocenters. The third-order valence-electron chi connectivity index (χ3n) is 2.08. The Morgan fingerprint density at radius 3 is 3.08 bits per heavy atom. The molecule has 1 saturated heterocycles. The maximum atomic E-state index is 10.4. The molecular formula is C9H15NO2S. The first-order chi connectivity index (χ1) is 6.20. The van der Waals surface area contributed by atoms with E-state index < -0.39 is 5.97 Å². The molecule has 3 nitrogen and oxygen atoms in total. The Morgan fingerprint density at radius 2 is 2.54 bits per heavy atom. The van der Waals surface area contributed by atoms with E-state index in [4.69, 9.17) is 5.11 Å². The van der Waals surface area contributed by atoms with Crippen molar-refractivity contribution in [2.24, 2.45) is 0 Å². The molecule has 0 radical (unpaired) electrons. The fraction of sp³-hybridized carbons (Fsp3) is 0.667. The van der Waals surface area contributed by atoms with Gasteiger partial charge in [0.15, 0.2) is 0 Å². The molecule has 1 unspecified atom stereocenters. The maximum absolute atomic E-state index is 10.4. The zero-order valence-corrected chi connectivity index (χ0v) is 8.56. The molecule has 1 heterocycles. The molecule has 0 amide bonds. The van der Waals surface area contributed by atoms with Crippen molar-refractivity contribution in [1.29, 1.82) is 0 Å². The Bertz CT molecular complexity index is 210. The molecule has 2 N–H and O–H groups in total. The van der Waals surface area contributed by atoms with Crippen LogP contribution in [0.3, 0.4) is 0 Å². The zero-order chi connectivity index (χ0) is 9.68. The van der Waals surface area contributed by atoms with Crippen molar-refractivity contribution in [1.82, 2.24) is 5.32 Å². The highest BCUT2D eigenvalue weighted by Gasteiger charge is 2.13. The van der Waals surface area contributed by atoms with E-state index in [9.17, 15) is 4.79 Å². The van der Waals surface area contributed by atoms with Crippen LogP contribution in [0.2, 0.25) is 0 Å². The number of rotatable bonds is 4. The average Bonchev–Trinajstić information content (AvgIpc) is 2.56. The van der Waals surface area contributed by atoms with Gasteiger partial charge in [-0.1, -0.05) is 6.08 Å². The highest BCUT2D eigenvalue weighted by Crippen LogP contribution is 2.16. The molecule has 0 saturated carbocycles. The summed E-state index contributed by atoms with van der Waals surface area (Å²) in [6.07, 6.45) is 2.93. The van der Waals surface area contributed by atoms with Gasteiger partial charge in [-0.3, -0.25) is 0 Å². The smallest absolute Gasteiger partial charge is 0.330 e. The van der Waals surface area contributed by atoms with Crippen LogP contribution in [0.15, 0.2) is 11.6 Å². The van der Waals surface area contributed by atoms with Gasteiger partial charge in [0.25, 0.3) is 0 Å². The van der Waals surface area contributed by atoms with E-state index in [0.29, 0.717) is 18.2 Å². The molecular weight excluding hydrogens is 186 g/mol. The van der Waals surface area contributed by atoms with E-state index in [0.717, 1.165) is 5.75 Å². The lowest BCUT2D eigenvalue weighted by Crippen LogP contribution is -2.28. The van der Waals surface area contributed by atoms with Gasteiger partial charge in [-0.25, -0.2) is 4.79 Å². The number of hydrogen-bond acceptors (Lipinski definition) is 3. The second-order valence-corrected chi connectivity index (χ2v) is 4.31. The Balaban J connectivity index is 2.18. The van der Waals surface area contributed by atoms with Crippen LogP contribution in [0.25, 0.3) is 0 Å². The Labute approximate surface area is 82.6 Å². The van der Waals surface area contributed by atoms with Gasteiger partial charge in [-0.05, 0) is 19.1 Å². The minimum absolute atomic E-state index is 0.415. The first-order valence-corrected chi connectivity index (χ1v) is 5.57. The molecule has 1 aliphatic heterocycles. The third kappa shape index (κ3) is 3.83. The second kappa shape index (κ2) is 5.29. The summed E-state index contributed by atoms with van der Waals surface area (Å²) in [6, 6.07) is 0.572. The standard InChI is InChI=1S/C9H15NO2S/c1-7(9(11)12)2-4-10-8-3-5-13-6-8/h2,8,10H,3-6H2,1H3,(H,11,12). The van der Waals surface area contributed by atoms with Crippen molar-refractivity contribution < 1.29 is 9.90 Å². The van der Waals surface area contributed by atoms with Gasteiger partial charge in [0.05, 0.1) is 0 Å². The van der Waals surface area contributed by atoms with E-state index in [2.05, 4.69) is 5.32 Å². The number of carboxylic acid groups (broad SMARTS) is 1. The SMILES string of the molecule is CC(=CCNC1CCSC1)C(=O)O. The molecule has 1 rings (SSSR count). The summed E-state index contributed by atoms with van der Waals surface area (Å²) >= 11 is 1.95. The first-order valence-electron chi connectivity index (χ1n) is 4.41. The molecule has 0 spiro atoms. The summed E-state index contributed by atoms with van der Waals surface area (Å²) in [4.78, 5) is 10.4. The molecule has 1 fully saturated rings. The third-order valence-corrected chi connectivity index (χ3v) is 3.24. The Morgan fingerprint density at radius 1 is 1.77 bits per heavy atom. The number of thioether (sulfide) groups is 1. The topological polar surface area (TPSA) is 49.3 Å². The average molecular weight is 201 g/mol. The summed E-state index contributed by atoms with van der Waals surface area (Å²) in [7, 11) is 0. The Hall–Kier alpha value is -0.480. The second-order valence-electron chi connectivity index (χ2n) is 3.16. The molecule has 0 aromatic heterocycles. The van der Waals surface area contributed by atoms with Gasteiger partial charge in [-0.15, -0.1) is 0 Å². The minimum Gasteiger partial charge on any atom is -0.478 e. The molecule has 0 bridgehead atoms. The van der Waals surface area contributed by atoms with E-state index in [1.165, 1.54) is 12.2 Å². The summed E-state index contributed by atoms with van der Waals surface area (Å²) in [5, 5.41) is 11.9. The predicted molar refractivity (Wildman–Crippen MR) is 55.1 cm³/mol. The number of carbonyl (C=O) groups is 1. The van der Waals surface area contributed by atoms with Gasteiger partial charge >= 0.3 is 5.97 Å². The summed E-state index contributed by atoms with van der Waals surface area (Å²) in [6.45, 7) is 2.29. The van der Waals surface area contributed by atoms with Gasteiger partial charge in [0.1, 0.15) is 0 Å². The van der Waals surface area contributed by atoms with Gasteiger partial charge < -0.3 is 10.4 Å². The summed E-state index contributed by atoms with van der Waals surface area (Å²) in [5.74, 6) is 1.54. The van der Waals surface area contributed by atoms with Gasteiger partial charge in [-0.2, -0.15) is 11.8 Å². The van der Waals surface area contributed by atoms with Crippen LogP contribution in [0.4, 0.5) is 0 Å². The summed E-state index contributed by atoms with van der Waals surface area (Å²) in [5.41, 5.74) is 0.415. The molecule has 0 aromatic carbocycles. The quantitative estimate of drug-likeness (QED) is 0.669. The summed E-state index contributed by atoms with van der Waals surface area (Å²) < 4.78 is 0. The fourth-order valence-corrected chi connectivity index (χ4v) is 2.35. The lowest BCUT2D eigenvalue weighted by atomic mass is 10.2. The molecule has 1 aliphatic rings. The van der Waals surface area contributed by atoms with Crippen LogP contribution in [-0.4, -0.2) is 35.2 Å². The number of hydrogen-bond donors (Lipinski definition) is 2. The minimum atomic E-state index is -0.831. The molecule has 13 heavy (non-hydrogen) atoms. The largest absolute Gasteiger partial charge is 0.478 e. The molecule has 74 valence electrons. The first kappa shape index (κ1) is 10.6. The van der Waals surface area contributed by atoms with Crippen LogP contribution < -0.4 is 5.32 Å². The van der Waals surface area contributed by atoms with E-state index >= 15 is 0 Å². The lowest BCUT2D eigenvalue weighted by Gasteiger charge is -2.08. The number of nitrogens with one attached hydrogen (secondary N) is 1. The molecule has 0 aliphatic carbocycles. The van der Waals surface area contributed by atoms with Gasteiger partial charge in [0, 0.05) is 23.9 Å². The van der Waals surface area contributed by atoms with Crippen molar-refractivity contribution in [2.75, 3.05) is 18.1 Å². The van der Waals surface area contributed by atoms with Crippen molar-refractivity contribution >= 4 is 17.7 Å². The van der Waals surface area contributed by atoms with Crippen molar-refractivity contribution in [3.8, 4) is 0 Å². The fourth-order valence-electron chi connectivity index (χ4n) is 1.16. The Kier molecular flexibility index (Phi) is 4.32. The van der Waals surface area contributed by atoms with Crippen LogP contribution in [-0.2, 0) is 4.79 Å². The zero-order valence-electron chi connectivity index (χ0n) is 7.75. The maximum Gasteiger partial charge on any atom is 0.330 e. The highest BCUT2D eigenvalue weighted by molar-refractivity contribution is 7.99. The van der Waals surface area contributed by atoms with E-state index in [1.54, 1.807) is 13.0 Å².